The average Bonchev–Trinajstić information content (AvgIpc) is 2.76. The SMILES string of the molecule is CCOc1cccc(CNCC2CNCC2O)n1. The van der Waals surface area contributed by atoms with E-state index >= 15 is 0 Å². The number of ether oxygens (including phenoxy) is 1. The zero-order valence-electron chi connectivity index (χ0n) is 10.7. The molecule has 1 aromatic rings. The van der Waals surface area contributed by atoms with E-state index in [0.717, 1.165) is 18.8 Å². The van der Waals surface area contributed by atoms with Gasteiger partial charge in [-0.15, -0.1) is 0 Å². The van der Waals surface area contributed by atoms with E-state index < -0.39 is 0 Å². The fraction of sp³-hybridized carbons (Fsp3) is 0.615. The molecular formula is C13H21N3O2. The van der Waals surface area contributed by atoms with Crippen LogP contribution in [0.2, 0.25) is 0 Å². The maximum atomic E-state index is 9.66. The Labute approximate surface area is 108 Å². The van der Waals surface area contributed by atoms with Gasteiger partial charge in [0, 0.05) is 38.2 Å². The fourth-order valence-corrected chi connectivity index (χ4v) is 2.10. The number of aliphatic hydroxyl groups excluding tert-OH is 1. The Bertz CT molecular complexity index is 373. The van der Waals surface area contributed by atoms with Crippen LogP contribution in [-0.2, 0) is 6.54 Å². The van der Waals surface area contributed by atoms with Crippen LogP contribution in [0.5, 0.6) is 5.88 Å². The number of nitrogens with zero attached hydrogens (tertiary/aromatic N) is 1. The first kappa shape index (κ1) is 13.3. The second-order valence-corrected chi connectivity index (χ2v) is 4.52. The summed E-state index contributed by atoms with van der Waals surface area (Å²) in [6, 6.07) is 5.78. The van der Waals surface area contributed by atoms with Gasteiger partial charge < -0.3 is 20.5 Å². The molecule has 2 rings (SSSR count). The molecule has 100 valence electrons. The molecule has 0 aromatic carbocycles. The summed E-state index contributed by atoms with van der Waals surface area (Å²) in [6.07, 6.45) is -0.236. The van der Waals surface area contributed by atoms with E-state index in [1.807, 2.05) is 25.1 Å². The van der Waals surface area contributed by atoms with Gasteiger partial charge in [0.25, 0.3) is 0 Å². The highest BCUT2D eigenvalue weighted by Gasteiger charge is 2.23. The van der Waals surface area contributed by atoms with Gasteiger partial charge in [-0.2, -0.15) is 0 Å². The van der Waals surface area contributed by atoms with Crippen molar-refractivity contribution in [3.05, 3.63) is 23.9 Å². The smallest absolute Gasteiger partial charge is 0.213 e. The number of hydrogen-bond acceptors (Lipinski definition) is 5. The molecule has 18 heavy (non-hydrogen) atoms. The molecule has 0 bridgehead atoms. The molecule has 5 heteroatoms. The highest BCUT2D eigenvalue weighted by Crippen LogP contribution is 2.09. The molecule has 1 aromatic heterocycles. The van der Waals surface area contributed by atoms with E-state index in [4.69, 9.17) is 4.74 Å². The van der Waals surface area contributed by atoms with Gasteiger partial charge in [-0.3, -0.25) is 0 Å². The van der Waals surface area contributed by atoms with Crippen molar-refractivity contribution >= 4 is 0 Å². The van der Waals surface area contributed by atoms with Crippen LogP contribution in [0.1, 0.15) is 12.6 Å². The predicted octanol–water partition coefficient (Wildman–Crippen LogP) is 0.150. The summed E-state index contributed by atoms with van der Waals surface area (Å²) in [7, 11) is 0. The van der Waals surface area contributed by atoms with Crippen molar-refractivity contribution < 1.29 is 9.84 Å². The molecule has 2 unspecified atom stereocenters. The Morgan fingerprint density at radius 3 is 3.11 bits per heavy atom. The standard InChI is InChI=1S/C13H21N3O2/c1-2-18-13-5-3-4-11(16-13)8-14-6-10-7-15-9-12(10)17/h3-5,10,12,14-15,17H,2,6-9H2,1H3. The summed E-state index contributed by atoms with van der Waals surface area (Å²) in [6.45, 7) is 5.65. The predicted molar refractivity (Wildman–Crippen MR) is 69.5 cm³/mol. The molecule has 0 aliphatic carbocycles. The first-order valence-corrected chi connectivity index (χ1v) is 6.48. The molecule has 0 saturated carbocycles. The fourth-order valence-electron chi connectivity index (χ4n) is 2.10. The van der Waals surface area contributed by atoms with Crippen LogP contribution in [0.15, 0.2) is 18.2 Å². The second-order valence-electron chi connectivity index (χ2n) is 4.52. The summed E-state index contributed by atoms with van der Waals surface area (Å²) < 4.78 is 5.35. The number of pyridine rings is 1. The van der Waals surface area contributed by atoms with Gasteiger partial charge in [0.15, 0.2) is 0 Å². The number of nitrogens with one attached hydrogen (secondary N) is 2. The lowest BCUT2D eigenvalue weighted by Crippen LogP contribution is -2.30. The van der Waals surface area contributed by atoms with Gasteiger partial charge in [-0.25, -0.2) is 4.98 Å². The third-order valence-electron chi connectivity index (χ3n) is 3.09. The summed E-state index contributed by atoms with van der Waals surface area (Å²) >= 11 is 0. The summed E-state index contributed by atoms with van der Waals surface area (Å²) in [5.41, 5.74) is 0.960. The van der Waals surface area contributed by atoms with Gasteiger partial charge in [-0.1, -0.05) is 6.07 Å². The van der Waals surface area contributed by atoms with E-state index in [0.29, 0.717) is 31.5 Å². The van der Waals surface area contributed by atoms with Crippen molar-refractivity contribution in [2.75, 3.05) is 26.2 Å². The Morgan fingerprint density at radius 2 is 2.39 bits per heavy atom. The zero-order chi connectivity index (χ0) is 12.8. The van der Waals surface area contributed by atoms with Crippen LogP contribution < -0.4 is 15.4 Å². The summed E-state index contributed by atoms with van der Waals surface area (Å²) in [5.74, 6) is 0.958. The molecule has 1 saturated heterocycles. The van der Waals surface area contributed by atoms with Gasteiger partial charge in [-0.05, 0) is 13.0 Å². The number of β-amino-alcohol motifs (C(OH)–C–C–N with tert-alkyl or cyclic N) is 1. The molecule has 0 spiro atoms. The first-order valence-electron chi connectivity index (χ1n) is 6.48. The highest BCUT2D eigenvalue weighted by atomic mass is 16.5. The van der Waals surface area contributed by atoms with Crippen molar-refractivity contribution in [3.63, 3.8) is 0 Å². The molecule has 1 aliphatic heterocycles. The van der Waals surface area contributed by atoms with E-state index in [9.17, 15) is 5.11 Å². The Kier molecular flexibility index (Phi) is 4.92. The Morgan fingerprint density at radius 1 is 1.50 bits per heavy atom. The lowest BCUT2D eigenvalue weighted by molar-refractivity contribution is 0.146. The normalized spacial score (nSPS) is 23.2. The lowest BCUT2D eigenvalue weighted by atomic mass is 10.1. The number of hydrogen-bond donors (Lipinski definition) is 3. The largest absolute Gasteiger partial charge is 0.478 e. The third-order valence-corrected chi connectivity index (χ3v) is 3.09. The monoisotopic (exact) mass is 251 g/mol. The minimum Gasteiger partial charge on any atom is -0.478 e. The molecule has 5 nitrogen and oxygen atoms in total. The van der Waals surface area contributed by atoms with Crippen LogP contribution in [0.25, 0.3) is 0 Å². The lowest BCUT2D eigenvalue weighted by Gasteiger charge is -2.14. The minimum atomic E-state index is -0.236. The van der Waals surface area contributed by atoms with E-state index in [2.05, 4.69) is 15.6 Å². The maximum absolute atomic E-state index is 9.66. The Balaban J connectivity index is 1.77. The van der Waals surface area contributed by atoms with Crippen LogP contribution in [0.3, 0.4) is 0 Å². The molecule has 0 amide bonds. The van der Waals surface area contributed by atoms with Crippen LogP contribution >= 0.6 is 0 Å². The molecule has 2 heterocycles. The van der Waals surface area contributed by atoms with Gasteiger partial charge in [0.2, 0.25) is 5.88 Å². The molecule has 0 radical (unpaired) electrons. The third kappa shape index (κ3) is 3.66. The molecule has 3 N–H and O–H groups in total. The molecular weight excluding hydrogens is 230 g/mol. The van der Waals surface area contributed by atoms with Gasteiger partial charge >= 0.3 is 0 Å². The number of rotatable bonds is 6. The zero-order valence-corrected chi connectivity index (χ0v) is 10.7. The van der Waals surface area contributed by atoms with Crippen LogP contribution in [0, 0.1) is 5.92 Å². The molecule has 2 atom stereocenters. The average molecular weight is 251 g/mol. The van der Waals surface area contributed by atoms with Gasteiger partial charge in [0.05, 0.1) is 18.4 Å². The quantitative estimate of drug-likeness (QED) is 0.671. The van der Waals surface area contributed by atoms with Crippen LogP contribution in [0.4, 0.5) is 0 Å². The number of aliphatic hydroxyl groups is 1. The summed E-state index contributed by atoms with van der Waals surface area (Å²) in [4.78, 5) is 4.38. The van der Waals surface area contributed by atoms with E-state index in [-0.39, 0.29) is 6.10 Å². The first-order chi connectivity index (χ1) is 8.79. The molecule has 1 aliphatic rings. The van der Waals surface area contributed by atoms with E-state index in [1.54, 1.807) is 0 Å². The van der Waals surface area contributed by atoms with Gasteiger partial charge in [0.1, 0.15) is 0 Å². The second kappa shape index (κ2) is 6.68. The van der Waals surface area contributed by atoms with Crippen molar-refractivity contribution in [3.8, 4) is 5.88 Å². The maximum Gasteiger partial charge on any atom is 0.213 e. The topological polar surface area (TPSA) is 66.4 Å². The Hall–Kier alpha value is -1.17. The molecule has 1 fully saturated rings. The summed E-state index contributed by atoms with van der Waals surface area (Å²) in [5, 5.41) is 16.2. The van der Waals surface area contributed by atoms with Crippen LogP contribution in [-0.4, -0.2) is 42.4 Å². The van der Waals surface area contributed by atoms with Crippen molar-refractivity contribution in [2.24, 2.45) is 5.92 Å². The highest BCUT2D eigenvalue weighted by molar-refractivity contribution is 5.15. The minimum absolute atomic E-state index is 0.236. The van der Waals surface area contributed by atoms with Crippen molar-refractivity contribution in [1.29, 1.82) is 0 Å². The van der Waals surface area contributed by atoms with Crippen molar-refractivity contribution in [1.82, 2.24) is 15.6 Å². The van der Waals surface area contributed by atoms with Crippen molar-refractivity contribution in [2.45, 2.75) is 19.6 Å². The van der Waals surface area contributed by atoms with E-state index in [1.165, 1.54) is 0 Å². The number of aromatic nitrogens is 1.